The number of benzene rings is 1. The molecule has 0 amide bonds. The number of aromatic nitrogens is 1. The molecule has 0 bridgehead atoms. The highest BCUT2D eigenvalue weighted by Crippen LogP contribution is 2.35. The Morgan fingerprint density at radius 1 is 1.47 bits per heavy atom. The molecule has 3 rings (SSSR count). The van der Waals surface area contributed by atoms with Crippen LogP contribution < -0.4 is 5.32 Å². The number of carbonyl (C=O) groups is 1. The van der Waals surface area contributed by atoms with Gasteiger partial charge in [-0.2, -0.15) is 0 Å². The molecule has 1 unspecified atom stereocenters. The van der Waals surface area contributed by atoms with Crippen molar-refractivity contribution in [3.05, 3.63) is 35.5 Å². The van der Waals surface area contributed by atoms with Crippen LogP contribution in [0.5, 0.6) is 0 Å². The number of methoxy groups -OCH3 is 1. The van der Waals surface area contributed by atoms with Crippen LogP contribution in [0.1, 0.15) is 11.3 Å². The van der Waals surface area contributed by atoms with Crippen LogP contribution in [0.25, 0.3) is 10.9 Å². The third-order valence-electron chi connectivity index (χ3n) is 3.78. The number of alkyl halides is 1. The van der Waals surface area contributed by atoms with Crippen molar-refractivity contribution in [1.29, 1.82) is 0 Å². The van der Waals surface area contributed by atoms with Gasteiger partial charge in [0.05, 0.1) is 18.7 Å². The van der Waals surface area contributed by atoms with Gasteiger partial charge in [-0.25, -0.2) is 4.79 Å². The number of rotatable bonds is 2. The van der Waals surface area contributed by atoms with E-state index in [1.54, 1.807) is 0 Å². The number of carbonyl (C=O) groups excluding carboxylic acids is 1. The van der Waals surface area contributed by atoms with Gasteiger partial charge in [0.1, 0.15) is 0 Å². The molecule has 0 spiro atoms. The van der Waals surface area contributed by atoms with E-state index in [-0.39, 0.29) is 11.8 Å². The molecule has 0 fully saturated rings. The van der Waals surface area contributed by atoms with Gasteiger partial charge in [0, 0.05) is 17.4 Å². The van der Waals surface area contributed by atoms with Crippen LogP contribution in [-0.2, 0) is 21.5 Å². The quantitative estimate of drug-likeness (QED) is 0.652. The van der Waals surface area contributed by atoms with Gasteiger partial charge in [-0.15, -0.1) is 11.6 Å². The van der Waals surface area contributed by atoms with Crippen molar-refractivity contribution in [2.45, 2.75) is 12.0 Å². The molecule has 1 atom stereocenters. The van der Waals surface area contributed by atoms with Crippen LogP contribution in [0.2, 0.25) is 0 Å². The molecular weight excluding hydrogens is 264 g/mol. The minimum atomic E-state index is -0.969. The summed E-state index contributed by atoms with van der Waals surface area (Å²) in [6, 6.07) is 8.04. The summed E-state index contributed by atoms with van der Waals surface area (Å²) in [6.45, 7) is 0.705. The van der Waals surface area contributed by atoms with Gasteiger partial charge in [0.2, 0.25) is 0 Å². The molecule has 0 aliphatic carbocycles. The van der Waals surface area contributed by atoms with Crippen molar-refractivity contribution < 1.29 is 9.53 Å². The Morgan fingerprint density at radius 2 is 2.26 bits per heavy atom. The zero-order chi connectivity index (χ0) is 13.5. The number of esters is 1. The molecule has 1 aromatic heterocycles. The average molecular weight is 279 g/mol. The van der Waals surface area contributed by atoms with Crippen molar-refractivity contribution >= 4 is 28.5 Å². The Morgan fingerprint density at radius 3 is 3.00 bits per heavy atom. The summed E-state index contributed by atoms with van der Waals surface area (Å²) in [5.74, 6) is -0.213. The molecule has 1 aromatic carbocycles. The topological polar surface area (TPSA) is 54.1 Å². The lowest BCUT2D eigenvalue weighted by atomic mass is 9.88. The average Bonchev–Trinajstić information content (AvgIpc) is 2.85. The predicted octanol–water partition coefficient (Wildman–Crippen LogP) is 1.92. The van der Waals surface area contributed by atoms with E-state index in [2.05, 4.69) is 16.4 Å². The number of para-hydroxylation sites is 1. The van der Waals surface area contributed by atoms with E-state index in [4.69, 9.17) is 16.3 Å². The van der Waals surface area contributed by atoms with Crippen molar-refractivity contribution in [1.82, 2.24) is 10.3 Å². The van der Waals surface area contributed by atoms with Crippen molar-refractivity contribution in [2.24, 2.45) is 0 Å². The standard InChI is InChI=1S/C14H15ClN2O2/c1-19-13(18)14(8-15)12-10(6-7-16-14)9-4-2-3-5-11(9)17-12/h2-5,16-17H,6-8H2,1H3. The Balaban J connectivity index is 2.26. The highest BCUT2D eigenvalue weighted by Gasteiger charge is 2.45. The summed E-state index contributed by atoms with van der Waals surface area (Å²) < 4.78 is 4.93. The predicted molar refractivity (Wildman–Crippen MR) is 74.4 cm³/mol. The van der Waals surface area contributed by atoms with E-state index in [1.807, 2.05) is 18.2 Å². The van der Waals surface area contributed by atoms with E-state index in [0.29, 0.717) is 6.54 Å². The number of ether oxygens (including phenoxy) is 1. The molecule has 4 nitrogen and oxygen atoms in total. The molecule has 2 heterocycles. The lowest BCUT2D eigenvalue weighted by molar-refractivity contribution is -0.148. The Kier molecular flexibility index (Phi) is 2.99. The highest BCUT2D eigenvalue weighted by atomic mass is 35.5. The van der Waals surface area contributed by atoms with Gasteiger partial charge in [-0.1, -0.05) is 18.2 Å². The molecule has 5 heteroatoms. The first-order valence-electron chi connectivity index (χ1n) is 6.22. The number of halogens is 1. The van der Waals surface area contributed by atoms with Crippen molar-refractivity contribution in [3.63, 3.8) is 0 Å². The smallest absolute Gasteiger partial charge is 0.333 e. The summed E-state index contributed by atoms with van der Waals surface area (Å²) in [4.78, 5) is 15.5. The molecule has 100 valence electrons. The first-order valence-corrected chi connectivity index (χ1v) is 6.76. The minimum absolute atomic E-state index is 0.138. The van der Waals surface area contributed by atoms with Crippen molar-refractivity contribution in [3.8, 4) is 0 Å². The van der Waals surface area contributed by atoms with Crippen LogP contribution >= 0.6 is 11.6 Å². The number of nitrogens with one attached hydrogen (secondary N) is 2. The maximum absolute atomic E-state index is 12.2. The molecular formula is C14H15ClN2O2. The second-order valence-electron chi connectivity index (χ2n) is 4.73. The first kappa shape index (κ1) is 12.5. The molecule has 1 aliphatic rings. The summed E-state index contributed by atoms with van der Waals surface area (Å²) in [5, 5.41) is 4.36. The van der Waals surface area contributed by atoms with Gasteiger partial charge >= 0.3 is 5.97 Å². The van der Waals surface area contributed by atoms with E-state index >= 15 is 0 Å². The maximum Gasteiger partial charge on any atom is 0.333 e. The molecule has 0 saturated carbocycles. The monoisotopic (exact) mass is 278 g/mol. The second-order valence-corrected chi connectivity index (χ2v) is 5.00. The minimum Gasteiger partial charge on any atom is -0.467 e. The van der Waals surface area contributed by atoms with E-state index < -0.39 is 5.54 Å². The first-order chi connectivity index (χ1) is 9.23. The molecule has 19 heavy (non-hydrogen) atoms. The van der Waals surface area contributed by atoms with Gasteiger partial charge in [-0.3, -0.25) is 5.32 Å². The summed E-state index contributed by atoms with van der Waals surface area (Å²) in [7, 11) is 1.38. The summed E-state index contributed by atoms with van der Waals surface area (Å²) in [5.41, 5.74) is 2.04. The lowest BCUT2D eigenvalue weighted by Gasteiger charge is -2.34. The number of hydrogen-bond donors (Lipinski definition) is 2. The fourth-order valence-electron chi connectivity index (χ4n) is 2.83. The van der Waals surface area contributed by atoms with Gasteiger partial charge in [-0.05, 0) is 18.1 Å². The SMILES string of the molecule is COC(=O)C1(CCl)NCCc2c1[nH]c1ccccc21. The normalized spacial score (nSPS) is 22.2. The Labute approximate surface area is 116 Å². The highest BCUT2D eigenvalue weighted by molar-refractivity contribution is 6.20. The molecule has 0 radical (unpaired) electrons. The number of aromatic amines is 1. The van der Waals surface area contributed by atoms with Gasteiger partial charge < -0.3 is 9.72 Å². The zero-order valence-corrected chi connectivity index (χ0v) is 11.4. The molecule has 1 aliphatic heterocycles. The molecule has 0 saturated heterocycles. The third-order valence-corrected chi connectivity index (χ3v) is 4.18. The zero-order valence-electron chi connectivity index (χ0n) is 10.6. The van der Waals surface area contributed by atoms with Gasteiger partial charge in [0.15, 0.2) is 5.54 Å². The molecule has 2 aromatic rings. The van der Waals surface area contributed by atoms with Crippen LogP contribution in [-0.4, -0.2) is 30.5 Å². The van der Waals surface area contributed by atoms with Crippen LogP contribution in [0.4, 0.5) is 0 Å². The maximum atomic E-state index is 12.2. The van der Waals surface area contributed by atoms with E-state index in [0.717, 1.165) is 28.6 Å². The van der Waals surface area contributed by atoms with Gasteiger partial charge in [0.25, 0.3) is 0 Å². The van der Waals surface area contributed by atoms with Crippen LogP contribution in [0, 0.1) is 0 Å². The van der Waals surface area contributed by atoms with Crippen molar-refractivity contribution in [2.75, 3.05) is 19.5 Å². The number of H-pyrrole nitrogens is 1. The van der Waals surface area contributed by atoms with E-state index in [9.17, 15) is 4.79 Å². The van der Waals surface area contributed by atoms with Crippen LogP contribution in [0.15, 0.2) is 24.3 Å². The number of hydrogen-bond acceptors (Lipinski definition) is 3. The Bertz CT molecular complexity index is 637. The number of fused-ring (bicyclic) bond motifs is 3. The largest absolute Gasteiger partial charge is 0.467 e. The fraction of sp³-hybridized carbons (Fsp3) is 0.357. The molecule has 2 N–H and O–H groups in total. The van der Waals surface area contributed by atoms with E-state index in [1.165, 1.54) is 7.11 Å². The fourth-order valence-corrected chi connectivity index (χ4v) is 3.17. The van der Waals surface area contributed by atoms with Crippen LogP contribution in [0.3, 0.4) is 0 Å². The summed E-state index contributed by atoms with van der Waals surface area (Å²) >= 11 is 6.08. The summed E-state index contributed by atoms with van der Waals surface area (Å²) in [6.07, 6.45) is 0.870. The third kappa shape index (κ3) is 1.67. The lowest BCUT2D eigenvalue weighted by Crippen LogP contribution is -2.55. The Hall–Kier alpha value is -1.52. The second kappa shape index (κ2) is 4.54.